The van der Waals surface area contributed by atoms with Gasteiger partial charge in [-0.2, -0.15) is 5.26 Å². The summed E-state index contributed by atoms with van der Waals surface area (Å²) in [4.78, 5) is 46.1. The molecule has 13 nitrogen and oxygen atoms in total. The van der Waals surface area contributed by atoms with Crippen molar-refractivity contribution in [1.29, 1.82) is 5.26 Å². The second kappa shape index (κ2) is 16.5. The van der Waals surface area contributed by atoms with Crippen molar-refractivity contribution in [3.05, 3.63) is 77.1 Å². The Balaban J connectivity index is 0.765. The molecule has 1 saturated carbocycles. The molecule has 3 saturated heterocycles. The Hall–Kier alpha value is -5.19. The van der Waals surface area contributed by atoms with Gasteiger partial charge in [-0.05, 0) is 106 Å². The molecule has 14 heteroatoms. The van der Waals surface area contributed by atoms with Crippen molar-refractivity contribution in [3.8, 4) is 6.07 Å². The summed E-state index contributed by atoms with van der Waals surface area (Å²) in [6.45, 7) is 5.47. The van der Waals surface area contributed by atoms with Crippen LogP contribution in [0.3, 0.4) is 0 Å². The van der Waals surface area contributed by atoms with E-state index in [4.69, 9.17) is 11.6 Å². The minimum atomic E-state index is -0.352. The van der Waals surface area contributed by atoms with Crippen LogP contribution in [0.25, 0.3) is 10.9 Å². The summed E-state index contributed by atoms with van der Waals surface area (Å²) < 4.78 is 2.38. The number of carbonyl (C=O) groups excluding carboxylic acids is 3. The average molecular weight is 777 g/mol. The van der Waals surface area contributed by atoms with E-state index in [1.807, 2.05) is 30.3 Å². The van der Waals surface area contributed by atoms with Gasteiger partial charge in [0.25, 0.3) is 5.91 Å². The molecule has 0 radical (unpaired) electrons. The summed E-state index contributed by atoms with van der Waals surface area (Å²) in [6.07, 6.45) is 10.5. The molecule has 4 amide bonds. The van der Waals surface area contributed by atoms with Crippen molar-refractivity contribution in [2.45, 2.75) is 75.9 Å². The van der Waals surface area contributed by atoms with Crippen LogP contribution in [0.5, 0.6) is 0 Å². The fourth-order valence-electron chi connectivity index (χ4n) is 9.12. The molecule has 4 fully saturated rings. The highest BCUT2D eigenvalue weighted by Gasteiger charge is 2.30. The number of amides is 4. The van der Waals surface area contributed by atoms with Crippen LogP contribution in [0.2, 0.25) is 5.02 Å². The Morgan fingerprint density at radius 3 is 2.43 bits per heavy atom. The Kier molecular flexibility index (Phi) is 11.1. The van der Waals surface area contributed by atoms with Gasteiger partial charge in [-0.15, -0.1) is 10.2 Å². The lowest BCUT2D eigenvalue weighted by molar-refractivity contribution is -0.120. The first-order chi connectivity index (χ1) is 27.2. The number of urea groups is 1. The Labute approximate surface area is 332 Å². The monoisotopic (exact) mass is 776 g/mol. The second-order valence-corrected chi connectivity index (χ2v) is 16.2. The predicted molar refractivity (Wildman–Crippen MR) is 217 cm³/mol. The van der Waals surface area contributed by atoms with E-state index >= 15 is 0 Å². The third-order valence-corrected chi connectivity index (χ3v) is 12.7. The summed E-state index contributed by atoms with van der Waals surface area (Å²) >= 11 is 6.27. The number of piperidine rings is 2. The highest BCUT2D eigenvalue weighted by atomic mass is 35.5. The van der Waals surface area contributed by atoms with Crippen molar-refractivity contribution in [2.24, 2.45) is 5.92 Å². The number of anilines is 3. The van der Waals surface area contributed by atoms with E-state index in [1.54, 1.807) is 17.0 Å². The SMILES string of the molecule is CN(c1ccc(C#N)c(Cl)c1)C1CCC(NC(=O)c2ccc(N3CCC(CN4CCC(n5ccc6c(N7CCC(=O)NC7=O)cccc65)CC4)CC3)nn2)CC1. The maximum atomic E-state index is 13.1. The first-order valence-electron chi connectivity index (χ1n) is 20.0. The number of hydrogen-bond donors (Lipinski definition) is 2. The summed E-state index contributed by atoms with van der Waals surface area (Å²) in [5.74, 6) is 1.06. The first-order valence-corrected chi connectivity index (χ1v) is 20.4. The van der Waals surface area contributed by atoms with Crippen molar-refractivity contribution in [3.63, 3.8) is 0 Å². The number of halogens is 1. The van der Waals surface area contributed by atoms with Gasteiger partial charge in [0.05, 0.1) is 21.8 Å². The lowest BCUT2D eigenvalue weighted by atomic mass is 9.90. The molecule has 4 aliphatic rings. The Bertz CT molecular complexity index is 2110. The van der Waals surface area contributed by atoms with Crippen LogP contribution in [0.15, 0.2) is 60.8 Å². The summed E-state index contributed by atoms with van der Waals surface area (Å²) in [5, 5.41) is 25.1. The predicted octanol–water partition coefficient (Wildman–Crippen LogP) is 6.13. The number of likely N-dealkylation sites (tertiary alicyclic amines) is 1. The molecule has 4 aromatic rings. The molecule has 2 aromatic heterocycles. The second-order valence-electron chi connectivity index (χ2n) is 15.8. The minimum absolute atomic E-state index is 0.0928. The molecule has 0 unspecified atom stereocenters. The summed E-state index contributed by atoms with van der Waals surface area (Å²) in [7, 11) is 2.06. The van der Waals surface area contributed by atoms with Crippen LogP contribution in [0, 0.1) is 17.2 Å². The summed E-state index contributed by atoms with van der Waals surface area (Å²) in [5.41, 5.74) is 3.79. The first kappa shape index (κ1) is 37.7. The normalized spacial score (nSPS) is 21.5. The molecule has 3 aliphatic heterocycles. The number of imide groups is 1. The average Bonchev–Trinajstić information content (AvgIpc) is 3.66. The highest BCUT2D eigenvalue weighted by Crippen LogP contribution is 2.35. The number of hydrogen-bond acceptors (Lipinski definition) is 9. The van der Waals surface area contributed by atoms with Crippen molar-refractivity contribution in [2.75, 3.05) is 61.0 Å². The molecule has 0 atom stereocenters. The molecule has 0 bridgehead atoms. The lowest BCUT2D eigenvalue weighted by Gasteiger charge is -2.38. The molecular weight excluding hydrogens is 728 g/mol. The lowest BCUT2D eigenvalue weighted by Crippen LogP contribution is -2.49. The van der Waals surface area contributed by atoms with Crippen LogP contribution in [-0.4, -0.2) is 95.9 Å². The van der Waals surface area contributed by atoms with Gasteiger partial charge in [-0.25, -0.2) is 4.79 Å². The maximum absolute atomic E-state index is 13.1. The van der Waals surface area contributed by atoms with E-state index in [0.29, 0.717) is 47.2 Å². The number of benzene rings is 2. The minimum Gasteiger partial charge on any atom is -0.372 e. The van der Waals surface area contributed by atoms with Gasteiger partial charge in [0.15, 0.2) is 11.5 Å². The van der Waals surface area contributed by atoms with Crippen molar-refractivity contribution in [1.82, 2.24) is 30.3 Å². The van der Waals surface area contributed by atoms with Crippen LogP contribution in [0.1, 0.15) is 79.9 Å². The quantitative estimate of drug-likeness (QED) is 0.205. The smallest absolute Gasteiger partial charge is 0.328 e. The number of nitriles is 1. The summed E-state index contributed by atoms with van der Waals surface area (Å²) in [6, 6.07) is 20.1. The molecule has 56 heavy (non-hydrogen) atoms. The van der Waals surface area contributed by atoms with E-state index in [1.165, 1.54) is 0 Å². The molecule has 2 N–H and O–H groups in total. The van der Waals surface area contributed by atoms with Gasteiger partial charge in [0, 0.05) is 88.1 Å². The van der Waals surface area contributed by atoms with E-state index in [2.05, 4.69) is 71.5 Å². The molecular formula is C42H49ClN10O3. The molecule has 5 heterocycles. The molecule has 292 valence electrons. The van der Waals surface area contributed by atoms with Crippen LogP contribution in [-0.2, 0) is 4.79 Å². The van der Waals surface area contributed by atoms with E-state index < -0.39 is 0 Å². The zero-order chi connectivity index (χ0) is 38.8. The third-order valence-electron chi connectivity index (χ3n) is 12.4. The van der Waals surface area contributed by atoms with Gasteiger partial charge in [0.2, 0.25) is 5.91 Å². The van der Waals surface area contributed by atoms with E-state index in [0.717, 1.165) is 112 Å². The topological polar surface area (TPSA) is 143 Å². The van der Waals surface area contributed by atoms with Gasteiger partial charge < -0.3 is 24.6 Å². The van der Waals surface area contributed by atoms with Crippen molar-refractivity contribution >= 4 is 57.5 Å². The number of carbonyl (C=O) groups is 3. The molecule has 0 spiro atoms. The Morgan fingerprint density at radius 1 is 0.946 bits per heavy atom. The van der Waals surface area contributed by atoms with E-state index in [-0.39, 0.29) is 23.9 Å². The zero-order valence-corrected chi connectivity index (χ0v) is 32.6. The Morgan fingerprint density at radius 2 is 1.73 bits per heavy atom. The molecule has 2 aromatic carbocycles. The number of rotatable bonds is 9. The number of nitrogens with one attached hydrogen (secondary N) is 2. The van der Waals surface area contributed by atoms with Crippen LogP contribution in [0.4, 0.5) is 22.0 Å². The van der Waals surface area contributed by atoms with Gasteiger partial charge >= 0.3 is 6.03 Å². The van der Waals surface area contributed by atoms with Crippen LogP contribution < -0.4 is 25.3 Å². The van der Waals surface area contributed by atoms with Gasteiger partial charge in [-0.3, -0.25) is 19.8 Å². The van der Waals surface area contributed by atoms with Gasteiger partial charge in [0.1, 0.15) is 6.07 Å². The zero-order valence-electron chi connectivity index (χ0n) is 31.9. The number of aromatic nitrogens is 3. The number of fused-ring (bicyclic) bond motifs is 1. The number of nitrogens with zero attached hydrogens (tertiary/aromatic N) is 8. The van der Waals surface area contributed by atoms with Gasteiger partial charge in [-0.1, -0.05) is 17.7 Å². The molecule has 8 rings (SSSR count). The molecule has 1 aliphatic carbocycles. The highest BCUT2D eigenvalue weighted by molar-refractivity contribution is 6.32. The standard InChI is InChI=1S/C42H49ClN10O3/c1-49(33-8-5-29(26-44)35(43)25-33)31-9-6-30(7-10-31)45-41(55)36-11-12-39(48-47-36)51-21-13-28(14-22-51)27-50-19-15-32(16-20-50)52-23-17-34-37(52)3-2-4-38(34)53-24-18-40(54)46-42(53)56/h2-5,8,11-12,17,23,25,28,30-32H,6-7,9-10,13-16,18-22,24,27H2,1H3,(H,45,55)(H,46,54,56). The fourth-order valence-corrected chi connectivity index (χ4v) is 9.33. The maximum Gasteiger partial charge on any atom is 0.328 e. The van der Waals surface area contributed by atoms with E-state index in [9.17, 15) is 19.6 Å². The largest absolute Gasteiger partial charge is 0.372 e. The van der Waals surface area contributed by atoms with Crippen molar-refractivity contribution < 1.29 is 14.4 Å². The third kappa shape index (κ3) is 8.04. The fraction of sp³-hybridized carbons (Fsp3) is 0.476. The van der Waals surface area contributed by atoms with Crippen LogP contribution >= 0.6 is 11.6 Å².